The Balaban J connectivity index is 1.42. The van der Waals surface area contributed by atoms with Crippen LogP contribution in [0.5, 0.6) is 5.75 Å². The van der Waals surface area contributed by atoms with E-state index in [0.717, 1.165) is 16.3 Å². The summed E-state index contributed by atoms with van der Waals surface area (Å²) < 4.78 is 16.4. The average molecular weight is 390 g/mol. The van der Waals surface area contributed by atoms with Gasteiger partial charge in [-0.2, -0.15) is 0 Å². The molecule has 2 aromatic rings. The second-order valence-electron chi connectivity index (χ2n) is 6.78. The number of phenols is 1. The highest BCUT2D eigenvalue weighted by atomic mass is 16.7. The molecule has 28 heavy (non-hydrogen) atoms. The summed E-state index contributed by atoms with van der Waals surface area (Å²) in [5.41, 5.74) is 6.23. The fourth-order valence-electron chi connectivity index (χ4n) is 3.21. The second-order valence-corrected chi connectivity index (χ2v) is 6.78. The third-order valence-corrected chi connectivity index (χ3v) is 4.58. The van der Waals surface area contributed by atoms with Crippen molar-refractivity contribution in [2.45, 2.75) is 31.3 Å². The van der Waals surface area contributed by atoms with Crippen LogP contribution in [0.1, 0.15) is 24.3 Å². The number of alkyl carbamates (subject to hydrolysis) is 1. The Labute approximate surface area is 163 Å². The molecular formula is C20H26N2O6. The highest BCUT2D eigenvalue weighted by Gasteiger charge is 2.24. The van der Waals surface area contributed by atoms with Crippen LogP contribution in [0, 0.1) is 0 Å². The molecule has 0 aromatic heterocycles. The first-order valence-corrected chi connectivity index (χ1v) is 9.32. The lowest BCUT2D eigenvalue weighted by molar-refractivity contribution is -0.189. The van der Waals surface area contributed by atoms with Gasteiger partial charge in [0.25, 0.3) is 0 Å². The molecule has 1 heterocycles. The van der Waals surface area contributed by atoms with Gasteiger partial charge in [0.2, 0.25) is 0 Å². The maximum absolute atomic E-state index is 11.3. The predicted molar refractivity (Wildman–Crippen MR) is 103 cm³/mol. The van der Waals surface area contributed by atoms with Crippen molar-refractivity contribution < 1.29 is 29.2 Å². The van der Waals surface area contributed by atoms with Crippen LogP contribution in [-0.2, 0) is 14.2 Å². The molecule has 8 nitrogen and oxygen atoms in total. The number of carbonyl (C=O) groups excluding carboxylic acids is 1. The fourth-order valence-corrected chi connectivity index (χ4v) is 3.21. The van der Waals surface area contributed by atoms with Crippen LogP contribution < -0.4 is 11.1 Å². The van der Waals surface area contributed by atoms with Crippen LogP contribution in [-0.4, -0.2) is 55.2 Å². The van der Waals surface area contributed by atoms with Gasteiger partial charge in [-0.1, -0.05) is 24.3 Å². The average Bonchev–Trinajstić information content (AvgIpc) is 2.69. The van der Waals surface area contributed by atoms with E-state index in [-0.39, 0.29) is 24.6 Å². The molecule has 0 bridgehead atoms. The van der Waals surface area contributed by atoms with Gasteiger partial charge in [0.1, 0.15) is 18.6 Å². The first-order valence-electron chi connectivity index (χ1n) is 9.32. The lowest BCUT2D eigenvalue weighted by atomic mass is 9.94. The topological polar surface area (TPSA) is 123 Å². The molecule has 1 atom stereocenters. The fraction of sp³-hybridized carbons (Fsp3) is 0.450. The molecule has 0 aliphatic carbocycles. The van der Waals surface area contributed by atoms with E-state index in [1.54, 1.807) is 12.1 Å². The smallest absolute Gasteiger partial charge is 0.407 e. The minimum atomic E-state index is -1.17. The van der Waals surface area contributed by atoms with Crippen LogP contribution in [0.25, 0.3) is 10.8 Å². The van der Waals surface area contributed by atoms with Crippen molar-refractivity contribution in [1.82, 2.24) is 5.32 Å². The number of nitrogens with two attached hydrogens (primary N) is 1. The maximum atomic E-state index is 11.3. The first-order chi connectivity index (χ1) is 13.5. The Morgan fingerprint density at radius 3 is 2.82 bits per heavy atom. The third-order valence-electron chi connectivity index (χ3n) is 4.58. The van der Waals surface area contributed by atoms with Gasteiger partial charge in [-0.15, -0.1) is 0 Å². The summed E-state index contributed by atoms with van der Waals surface area (Å²) in [5.74, 6) is 0.373. The van der Waals surface area contributed by atoms with Gasteiger partial charge >= 0.3 is 6.09 Å². The molecule has 1 saturated heterocycles. The number of hydrogen-bond acceptors (Lipinski definition) is 7. The Morgan fingerprint density at radius 1 is 1.29 bits per heavy atom. The number of benzene rings is 2. The normalized spacial score (nSPS) is 20.6. The Morgan fingerprint density at radius 2 is 2.07 bits per heavy atom. The standard InChI is InChI=1S/C20H26N2O6/c21-18(24)12-28-20(25)22-8-2-5-19-26-10-14(11-27-19)16-4-1-3-13-9-15(23)6-7-17(13)16/h1,3-4,6-7,9,14,18-19,23-24H,2,5,8,10-12,21H2,(H,22,25). The van der Waals surface area contributed by atoms with Crippen LogP contribution in [0.15, 0.2) is 36.4 Å². The van der Waals surface area contributed by atoms with Crippen LogP contribution in [0.3, 0.4) is 0 Å². The summed E-state index contributed by atoms with van der Waals surface area (Å²) in [7, 11) is 0. The van der Waals surface area contributed by atoms with Crippen molar-refractivity contribution >= 4 is 16.9 Å². The zero-order valence-electron chi connectivity index (χ0n) is 15.5. The van der Waals surface area contributed by atoms with Crippen LogP contribution in [0.2, 0.25) is 0 Å². The van der Waals surface area contributed by atoms with Crippen molar-refractivity contribution in [3.05, 3.63) is 42.0 Å². The Kier molecular flexibility index (Phi) is 7.05. The van der Waals surface area contributed by atoms with Crippen LogP contribution >= 0.6 is 0 Å². The summed E-state index contributed by atoms with van der Waals surface area (Å²) in [6, 6.07) is 11.4. The summed E-state index contributed by atoms with van der Waals surface area (Å²) in [5, 5.41) is 23.2. The molecule has 1 amide bonds. The number of hydrogen-bond donors (Lipinski definition) is 4. The van der Waals surface area contributed by atoms with Crippen molar-refractivity contribution in [1.29, 1.82) is 0 Å². The highest BCUT2D eigenvalue weighted by molar-refractivity contribution is 5.87. The maximum Gasteiger partial charge on any atom is 0.407 e. The SMILES string of the molecule is NC(O)COC(=O)NCCCC1OCC(c2cccc3cc(O)ccc23)CO1. The number of phenolic OH excluding ortho intramolecular Hbond substituents is 1. The molecule has 0 radical (unpaired) electrons. The van der Waals surface area contributed by atoms with Crippen molar-refractivity contribution in [3.63, 3.8) is 0 Å². The number of ether oxygens (including phenoxy) is 3. The van der Waals surface area contributed by atoms with E-state index in [1.807, 2.05) is 18.2 Å². The summed E-state index contributed by atoms with van der Waals surface area (Å²) in [4.78, 5) is 11.3. The molecular weight excluding hydrogens is 364 g/mol. The number of rotatable bonds is 7. The quantitative estimate of drug-likeness (QED) is 0.420. The van der Waals surface area contributed by atoms with Gasteiger partial charge in [-0.05, 0) is 34.9 Å². The number of aliphatic hydroxyl groups is 1. The number of nitrogens with one attached hydrogen (secondary N) is 1. The zero-order valence-corrected chi connectivity index (χ0v) is 15.5. The summed E-state index contributed by atoms with van der Waals surface area (Å²) in [6.45, 7) is 1.28. The zero-order chi connectivity index (χ0) is 19.9. The van der Waals surface area contributed by atoms with E-state index in [4.69, 9.17) is 25.1 Å². The minimum Gasteiger partial charge on any atom is -0.508 e. The van der Waals surface area contributed by atoms with Gasteiger partial charge in [-0.3, -0.25) is 0 Å². The molecule has 152 valence electrons. The second kappa shape index (κ2) is 9.70. The van der Waals surface area contributed by atoms with Crippen LogP contribution in [0.4, 0.5) is 4.79 Å². The van der Waals surface area contributed by atoms with E-state index in [2.05, 4.69) is 11.4 Å². The van der Waals surface area contributed by atoms with Gasteiger partial charge in [0, 0.05) is 18.9 Å². The van der Waals surface area contributed by atoms with E-state index in [0.29, 0.717) is 32.6 Å². The Bertz CT molecular complexity index is 789. The van der Waals surface area contributed by atoms with Crippen molar-refractivity contribution in [3.8, 4) is 5.75 Å². The molecule has 0 spiro atoms. The van der Waals surface area contributed by atoms with E-state index >= 15 is 0 Å². The molecule has 2 aromatic carbocycles. The van der Waals surface area contributed by atoms with Crippen molar-refractivity contribution in [2.24, 2.45) is 5.73 Å². The van der Waals surface area contributed by atoms with Gasteiger partial charge < -0.3 is 35.5 Å². The van der Waals surface area contributed by atoms with E-state index in [9.17, 15) is 9.90 Å². The molecule has 1 aliphatic rings. The van der Waals surface area contributed by atoms with Gasteiger partial charge in [0.15, 0.2) is 6.29 Å². The van der Waals surface area contributed by atoms with E-state index < -0.39 is 12.3 Å². The predicted octanol–water partition coefficient (Wildman–Crippen LogP) is 1.79. The van der Waals surface area contributed by atoms with Gasteiger partial charge in [0.05, 0.1) is 13.2 Å². The highest BCUT2D eigenvalue weighted by Crippen LogP contribution is 2.31. The molecule has 5 N–H and O–H groups in total. The van der Waals surface area contributed by atoms with Crippen molar-refractivity contribution in [2.75, 3.05) is 26.4 Å². The minimum absolute atomic E-state index is 0.125. The monoisotopic (exact) mass is 390 g/mol. The van der Waals surface area contributed by atoms with Gasteiger partial charge in [-0.25, -0.2) is 4.79 Å². The third kappa shape index (κ3) is 5.56. The molecule has 1 fully saturated rings. The lowest BCUT2D eigenvalue weighted by Crippen LogP contribution is -2.33. The number of amides is 1. The van der Waals surface area contributed by atoms with E-state index in [1.165, 1.54) is 0 Å². The molecule has 1 unspecified atom stereocenters. The molecule has 0 saturated carbocycles. The molecule has 3 rings (SSSR count). The lowest BCUT2D eigenvalue weighted by Gasteiger charge is -2.30. The molecule has 1 aliphatic heterocycles. The summed E-state index contributed by atoms with van der Waals surface area (Å²) >= 11 is 0. The molecule has 8 heteroatoms. The number of fused-ring (bicyclic) bond motifs is 1. The number of carbonyl (C=O) groups is 1. The Hall–Kier alpha value is -2.39. The largest absolute Gasteiger partial charge is 0.508 e. The summed E-state index contributed by atoms with van der Waals surface area (Å²) in [6.07, 6.45) is -0.773. The number of aromatic hydroxyl groups is 1. The first kappa shape index (κ1) is 20.3. The number of aliphatic hydroxyl groups excluding tert-OH is 1.